The molecule has 0 aromatic carbocycles. The molecule has 0 saturated carbocycles. The summed E-state index contributed by atoms with van der Waals surface area (Å²) < 4.78 is 22.6. The Labute approximate surface area is 84.4 Å². The smallest absolute Gasteiger partial charge is 0.347 e. The number of nitrogens with one attached hydrogen (secondary N) is 1. The molecule has 0 radical (unpaired) electrons. The molecule has 8 heteroatoms. The molecule has 1 heterocycles. The standard InChI is InChI=1S/C6H8N2O4S2/c1-3-2-13-4(6(9)10)5(3)14(11,12)8-7/h2,8H,7H2,1H3,(H,9,10). The molecule has 14 heavy (non-hydrogen) atoms. The molecule has 0 aliphatic rings. The Morgan fingerprint density at radius 1 is 1.64 bits per heavy atom. The molecule has 1 aromatic heterocycles. The molecule has 0 aliphatic carbocycles. The average molecular weight is 236 g/mol. The Hall–Kier alpha value is -0.960. The van der Waals surface area contributed by atoms with E-state index < -0.39 is 16.0 Å². The summed E-state index contributed by atoms with van der Waals surface area (Å²) in [5.74, 6) is 3.53. The number of carboxylic acids is 1. The van der Waals surface area contributed by atoms with E-state index in [0.717, 1.165) is 11.3 Å². The second kappa shape index (κ2) is 3.65. The van der Waals surface area contributed by atoms with Crippen molar-refractivity contribution in [2.75, 3.05) is 0 Å². The molecule has 78 valence electrons. The molecule has 0 bridgehead atoms. The summed E-state index contributed by atoms with van der Waals surface area (Å²) >= 11 is 0.852. The van der Waals surface area contributed by atoms with Crippen molar-refractivity contribution in [1.82, 2.24) is 4.83 Å². The summed E-state index contributed by atoms with van der Waals surface area (Å²) in [7, 11) is -3.90. The molecule has 1 rings (SSSR count). The zero-order valence-corrected chi connectivity index (χ0v) is 8.78. The minimum Gasteiger partial charge on any atom is -0.477 e. The van der Waals surface area contributed by atoms with Crippen LogP contribution in [-0.2, 0) is 10.0 Å². The van der Waals surface area contributed by atoms with Crippen molar-refractivity contribution >= 4 is 27.3 Å². The SMILES string of the molecule is Cc1csc(C(=O)O)c1S(=O)(=O)NN. The van der Waals surface area contributed by atoms with Crippen LogP contribution in [0.3, 0.4) is 0 Å². The van der Waals surface area contributed by atoms with E-state index in [-0.39, 0.29) is 9.77 Å². The van der Waals surface area contributed by atoms with Gasteiger partial charge in [-0.3, -0.25) is 5.84 Å². The van der Waals surface area contributed by atoms with E-state index in [9.17, 15) is 13.2 Å². The van der Waals surface area contributed by atoms with Gasteiger partial charge in [0.2, 0.25) is 0 Å². The first-order valence-electron chi connectivity index (χ1n) is 3.44. The van der Waals surface area contributed by atoms with E-state index in [1.165, 1.54) is 12.3 Å². The summed E-state index contributed by atoms with van der Waals surface area (Å²) in [5.41, 5.74) is 0.366. The van der Waals surface area contributed by atoms with Crippen LogP contribution in [0.4, 0.5) is 0 Å². The average Bonchev–Trinajstić information content (AvgIpc) is 2.47. The highest BCUT2D eigenvalue weighted by Gasteiger charge is 2.25. The van der Waals surface area contributed by atoms with Crippen LogP contribution in [-0.4, -0.2) is 19.5 Å². The van der Waals surface area contributed by atoms with Crippen molar-refractivity contribution in [2.24, 2.45) is 5.84 Å². The molecule has 0 atom stereocenters. The van der Waals surface area contributed by atoms with E-state index in [2.05, 4.69) is 0 Å². The number of sulfonamides is 1. The van der Waals surface area contributed by atoms with Crippen LogP contribution in [0.25, 0.3) is 0 Å². The van der Waals surface area contributed by atoms with Gasteiger partial charge >= 0.3 is 5.97 Å². The highest BCUT2D eigenvalue weighted by Crippen LogP contribution is 2.26. The lowest BCUT2D eigenvalue weighted by Crippen LogP contribution is -2.31. The molecule has 6 nitrogen and oxygen atoms in total. The molecular weight excluding hydrogens is 228 g/mol. The fourth-order valence-electron chi connectivity index (χ4n) is 0.974. The molecule has 4 N–H and O–H groups in total. The molecule has 0 fully saturated rings. The van der Waals surface area contributed by atoms with E-state index in [4.69, 9.17) is 10.9 Å². The maximum atomic E-state index is 11.3. The molecule has 0 spiro atoms. The maximum absolute atomic E-state index is 11.3. The highest BCUT2D eigenvalue weighted by atomic mass is 32.2. The normalized spacial score (nSPS) is 11.6. The Bertz CT molecular complexity index is 462. The third-order valence-corrected chi connectivity index (χ3v) is 4.12. The predicted molar refractivity (Wildman–Crippen MR) is 50.5 cm³/mol. The number of nitrogens with two attached hydrogens (primary N) is 1. The van der Waals surface area contributed by atoms with E-state index >= 15 is 0 Å². The minimum atomic E-state index is -3.90. The third-order valence-electron chi connectivity index (χ3n) is 1.54. The van der Waals surface area contributed by atoms with Gasteiger partial charge < -0.3 is 5.11 Å². The van der Waals surface area contributed by atoms with Crippen LogP contribution in [0.5, 0.6) is 0 Å². The van der Waals surface area contributed by atoms with Crippen molar-refractivity contribution in [3.05, 3.63) is 15.8 Å². The molecule has 1 aromatic rings. The predicted octanol–water partition coefficient (Wildman–Crippen LogP) is -0.0933. The Kier molecular flexibility index (Phi) is 2.90. The van der Waals surface area contributed by atoms with Gasteiger partial charge in [-0.2, -0.15) is 0 Å². The number of carboxylic acid groups (broad SMARTS) is 1. The van der Waals surface area contributed by atoms with E-state index in [1.54, 1.807) is 4.83 Å². The number of hydrazine groups is 1. The number of hydrogen-bond donors (Lipinski definition) is 3. The fourth-order valence-corrected chi connectivity index (χ4v) is 3.24. The summed E-state index contributed by atoms with van der Waals surface area (Å²) in [6.07, 6.45) is 0. The Morgan fingerprint density at radius 2 is 2.21 bits per heavy atom. The third kappa shape index (κ3) is 1.77. The van der Waals surface area contributed by atoms with Gasteiger partial charge in [-0.05, 0) is 17.9 Å². The van der Waals surface area contributed by atoms with Gasteiger partial charge in [-0.15, -0.1) is 16.2 Å². The summed E-state index contributed by atoms with van der Waals surface area (Å²) in [6.45, 7) is 1.51. The molecule has 0 unspecified atom stereocenters. The summed E-state index contributed by atoms with van der Waals surface area (Å²) in [6, 6.07) is 0. The van der Waals surface area contributed by atoms with Crippen LogP contribution in [0.1, 0.15) is 15.2 Å². The molecule has 0 aliphatic heterocycles. The van der Waals surface area contributed by atoms with Crippen LogP contribution in [0.2, 0.25) is 0 Å². The number of rotatable bonds is 3. The van der Waals surface area contributed by atoms with Crippen molar-refractivity contribution < 1.29 is 18.3 Å². The lowest BCUT2D eigenvalue weighted by atomic mass is 10.3. The van der Waals surface area contributed by atoms with Crippen molar-refractivity contribution in [1.29, 1.82) is 0 Å². The monoisotopic (exact) mass is 236 g/mol. The first-order valence-corrected chi connectivity index (χ1v) is 5.80. The number of thiophene rings is 1. The topological polar surface area (TPSA) is 109 Å². The number of hydrogen-bond acceptors (Lipinski definition) is 5. The van der Waals surface area contributed by atoms with Gasteiger partial charge in [-0.25, -0.2) is 13.2 Å². The molecule has 0 saturated heterocycles. The molecule has 0 amide bonds. The van der Waals surface area contributed by atoms with Crippen molar-refractivity contribution in [3.63, 3.8) is 0 Å². The highest BCUT2D eigenvalue weighted by molar-refractivity contribution is 7.89. The van der Waals surface area contributed by atoms with E-state index in [1.807, 2.05) is 0 Å². The van der Waals surface area contributed by atoms with Crippen LogP contribution in [0.15, 0.2) is 10.3 Å². The minimum absolute atomic E-state index is 0.236. The number of aryl methyl sites for hydroxylation is 1. The summed E-state index contributed by atoms with van der Waals surface area (Å²) in [4.78, 5) is 11.8. The Morgan fingerprint density at radius 3 is 2.64 bits per heavy atom. The quantitative estimate of drug-likeness (QED) is 0.501. The maximum Gasteiger partial charge on any atom is 0.347 e. The van der Waals surface area contributed by atoms with Crippen LogP contribution >= 0.6 is 11.3 Å². The largest absolute Gasteiger partial charge is 0.477 e. The lowest BCUT2D eigenvalue weighted by Gasteiger charge is -2.02. The Balaban J connectivity index is 3.47. The van der Waals surface area contributed by atoms with Gasteiger partial charge in [0, 0.05) is 0 Å². The second-order valence-electron chi connectivity index (χ2n) is 2.50. The van der Waals surface area contributed by atoms with Gasteiger partial charge in [-0.1, -0.05) is 0 Å². The zero-order chi connectivity index (χ0) is 10.9. The fraction of sp³-hybridized carbons (Fsp3) is 0.167. The van der Waals surface area contributed by atoms with Gasteiger partial charge in [0.05, 0.1) is 0 Å². The number of aromatic carboxylic acids is 1. The molecular formula is C6H8N2O4S2. The van der Waals surface area contributed by atoms with Crippen molar-refractivity contribution in [2.45, 2.75) is 11.8 Å². The van der Waals surface area contributed by atoms with Gasteiger partial charge in [0.1, 0.15) is 9.77 Å². The lowest BCUT2D eigenvalue weighted by molar-refractivity contribution is 0.0698. The summed E-state index contributed by atoms with van der Waals surface area (Å²) in [5, 5.41) is 10.2. The van der Waals surface area contributed by atoms with Crippen LogP contribution < -0.4 is 10.7 Å². The van der Waals surface area contributed by atoms with Gasteiger partial charge in [0.25, 0.3) is 10.0 Å². The number of carbonyl (C=O) groups is 1. The first kappa shape index (κ1) is 11.1. The van der Waals surface area contributed by atoms with E-state index in [0.29, 0.717) is 5.56 Å². The van der Waals surface area contributed by atoms with Crippen molar-refractivity contribution in [3.8, 4) is 0 Å². The second-order valence-corrected chi connectivity index (χ2v) is 5.03. The zero-order valence-electron chi connectivity index (χ0n) is 7.14. The first-order chi connectivity index (χ1) is 6.40. The van der Waals surface area contributed by atoms with Gasteiger partial charge in [0.15, 0.2) is 0 Å². The van der Waals surface area contributed by atoms with Crippen LogP contribution in [0, 0.1) is 6.92 Å².